The molecule has 1 N–H and O–H groups in total. The van der Waals surface area contributed by atoms with Gasteiger partial charge in [0.15, 0.2) is 0 Å². The zero-order chi connectivity index (χ0) is 27.9. The van der Waals surface area contributed by atoms with Gasteiger partial charge in [0.1, 0.15) is 0 Å². The number of aryl methyl sites for hydroxylation is 1. The van der Waals surface area contributed by atoms with Crippen LogP contribution in [0, 0.1) is 6.92 Å². The molecule has 2 amide bonds. The van der Waals surface area contributed by atoms with Crippen molar-refractivity contribution < 1.29 is 9.59 Å². The van der Waals surface area contributed by atoms with E-state index < -0.39 is 0 Å². The summed E-state index contributed by atoms with van der Waals surface area (Å²) in [7, 11) is 2.21. The van der Waals surface area contributed by atoms with E-state index in [1.165, 1.54) is 49.4 Å². The molecule has 6 heteroatoms. The van der Waals surface area contributed by atoms with Gasteiger partial charge in [-0.25, -0.2) is 0 Å². The molecule has 0 unspecified atom stereocenters. The lowest BCUT2D eigenvalue weighted by molar-refractivity contribution is -0.114. The van der Waals surface area contributed by atoms with E-state index in [1.54, 1.807) is 0 Å². The highest BCUT2D eigenvalue weighted by atomic mass is 32.2. The Morgan fingerprint density at radius 1 is 1.00 bits per heavy atom. The topological polar surface area (TPSA) is 52.7 Å². The molecule has 208 valence electrons. The SMILES string of the molecule is Cc1ccccc1CN1C(=O)C(=Cc2ccc(C(=O)NCCCN(C)C3CCCCC3)cc2)Sc2ccccc21. The molecule has 3 aromatic carbocycles. The van der Waals surface area contributed by atoms with Crippen LogP contribution < -0.4 is 10.2 Å². The molecule has 1 heterocycles. The number of nitrogens with one attached hydrogen (secondary N) is 1. The van der Waals surface area contributed by atoms with E-state index in [0.29, 0.717) is 29.6 Å². The average Bonchev–Trinajstić information content (AvgIpc) is 2.99. The fraction of sp³-hybridized carbons (Fsp3) is 0.353. The Morgan fingerprint density at radius 2 is 1.73 bits per heavy atom. The number of nitrogens with zero attached hydrogens (tertiary/aromatic N) is 2. The number of fused-ring (bicyclic) bond motifs is 1. The maximum absolute atomic E-state index is 13.6. The molecule has 0 bridgehead atoms. The lowest BCUT2D eigenvalue weighted by atomic mass is 9.94. The van der Waals surface area contributed by atoms with E-state index in [4.69, 9.17) is 0 Å². The van der Waals surface area contributed by atoms with Crippen LogP contribution in [0.2, 0.25) is 0 Å². The zero-order valence-electron chi connectivity index (χ0n) is 23.6. The molecule has 1 saturated carbocycles. The van der Waals surface area contributed by atoms with Gasteiger partial charge in [-0.2, -0.15) is 0 Å². The van der Waals surface area contributed by atoms with Crippen molar-refractivity contribution in [2.24, 2.45) is 0 Å². The maximum atomic E-state index is 13.6. The number of hydrogen-bond acceptors (Lipinski definition) is 4. The summed E-state index contributed by atoms with van der Waals surface area (Å²) in [6.07, 6.45) is 9.51. The molecule has 5 rings (SSSR count). The van der Waals surface area contributed by atoms with Gasteiger partial charge in [0.05, 0.1) is 17.1 Å². The highest BCUT2D eigenvalue weighted by molar-refractivity contribution is 8.04. The largest absolute Gasteiger partial charge is 0.352 e. The molecule has 5 nitrogen and oxygen atoms in total. The molecular formula is C34H39N3O2S. The van der Waals surface area contributed by atoms with E-state index in [9.17, 15) is 9.59 Å². The Kier molecular flexibility index (Phi) is 9.40. The Hall–Kier alpha value is -3.35. The van der Waals surface area contributed by atoms with Crippen LogP contribution in [-0.2, 0) is 11.3 Å². The number of carbonyl (C=O) groups is 2. The molecule has 1 aliphatic heterocycles. The van der Waals surface area contributed by atoms with Crippen LogP contribution in [0.15, 0.2) is 82.6 Å². The maximum Gasteiger partial charge on any atom is 0.265 e. The van der Waals surface area contributed by atoms with Crippen molar-refractivity contribution in [2.75, 3.05) is 25.0 Å². The van der Waals surface area contributed by atoms with Gasteiger partial charge in [-0.15, -0.1) is 0 Å². The minimum absolute atomic E-state index is 0.00744. The zero-order valence-corrected chi connectivity index (χ0v) is 24.4. The third kappa shape index (κ3) is 6.86. The molecule has 3 aromatic rings. The van der Waals surface area contributed by atoms with Gasteiger partial charge in [-0.1, -0.05) is 79.6 Å². The molecule has 0 spiro atoms. The minimum Gasteiger partial charge on any atom is -0.352 e. The molecular weight excluding hydrogens is 514 g/mol. The van der Waals surface area contributed by atoms with Gasteiger partial charge in [0, 0.05) is 23.0 Å². The molecule has 0 atom stereocenters. The molecule has 2 aliphatic rings. The lowest BCUT2D eigenvalue weighted by Gasteiger charge is -2.31. The molecule has 0 aromatic heterocycles. The minimum atomic E-state index is -0.0547. The summed E-state index contributed by atoms with van der Waals surface area (Å²) in [5.41, 5.74) is 4.78. The number of benzene rings is 3. The highest BCUT2D eigenvalue weighted by Crippen LogP contribution is 2.42. The summed E-state index contributed by atoms with van der Waals surface area (Å²) in [5.74, 6) is -0.0621. The number of anilines is 1. The first kappa shape index (κ1) is 28.2. The Labute approximate surface area is 242 Å². The van der Waals surface area contributed by atoms with Gasteiger partial charge < -0.3 is 15.1 Å². The predicted molar refractivity (Wildman–Crippen MR) is 166 cm³/mol. The molecule has 0 saturated heterocycles. The van der Waals surface area contributed by atoms with E-state index in [1.807, 2.05) is 65.6 Å². The van der Waals surface area contributed by atoms with Gasteiger partial charge in [-0.05, 0) is 86.8 Å². The third-order valence-electron chi connectivity index (χ3n) is 8.06. The van der Waals surface area contributed by atoms with Crippen molar-refractivity contribution in [2.45, 2.75) is 62.9 Å². The number of rotatable bonds is 9. The summed E-state index contributed by atoms with van der Waals surface area (Å²) < 4.78 is 0. The molecule has 0 radical (unpaired) electrons. The molecule has 40 heavy (non-hydrogen) atoms. The first-order valence-electron chi connectivity index (χ1n) is 14.4. The van der Waals surface area contributed by atoms with E-state index >= 15 is 0 Å². The van der Waals surface area contributed by atoms with Gasteiger partial charge >= 0.3 is 0 Å². The quantitative estimate of drug-likeness (QED) is 0.228. The summed E-state index contributed by atoms with van der Waals surface area (Å²) >= 11 is 1.50. The fourth-order valence-corrected chi connectivity index (χ4v) is 6.65. The van der Waals surface area contributed by atoms with Crippen LogP contribution in [0.4, 0.5) is 5.69 Å². The number of para-hydroxylation sites is 1. The van der Waals surface area contributed by atoms with Crippen molar-refractivity contribution in [3.05, 3.63) is 100.0 Å². The van der Waals surface area contributed by atoms with E-state index in [-0.39, 0.29) is 11.8 Å². The van der Waals surface area contributed by atoms with Crippen molar-refractivity contribution in [3.63, 3.8) is 0 Å². The van der Waals surface area contributed by atoms with Crippen LogP contribution in [0.5, 0.6) is 0 Å². The normalized spacial score (nSPS) is 16.8. The Morgan fingerprint density at radius 3 is 2.50 bits per heavy atom. The fourth-order valence-electron chi connectivity index (χ4n) is 5.60. The Bertz CT molecular complexity index is 1360. The van der Waals surface area contributed by atoms with Crippen molar-refractivity contribution in [1.82, 2.24) is 10.2 Å². The molecule has 1 fully saturated rings. The first-order valence-corrected chi connectivity index (χ1v) is 15.2. The van der Waals surface area contributed by atoms with Crippen molar-refractivity contribution in [1.29, 1.82) is 0 Å². The van der Waals surface area contributed by atoms with Crippen LogP contribution in [0.1, 0.15) is 65.6 Å². The summed E-state index contributed by atoms with van der Waals surface area (Å²) in [5, 5.41) is 3.06. The third-order valence-corrected chi connectivity index (χ3v) is 9.14. The van der Waals surface area contributed by atoms with Crippen LogP contribution in [-0.4, -0.2) is 42.9 Å². The second kappa shape index (κ2) is 13.3. The number of hydrogen-bond donors (Lipinski definition) is 1. The van der Waals surface area contributed by atoms with Crippen LogP contribution >= 0.6 is 11.8 Å². The Balaban J connectivity index is 1.21. The van der Waals surface area contributed by atoms with Crippen molar-refractivity contribution >= 4 is 35.3 Å². The van der Waals surface area contributed by atoms with Gasteiger partial charge in [-0.3, -0.25) is 9.59 Å². The second-order valence-corrected chi connectivity index (χ2v) is 12.0. The second-order valence-electron chi connectivity index (χ2n) is 10.9. The summed E-state index contributed by atoms with van der Waals surface area (Å²) in [4.78, 5) is 32.4. The van der Waals surface area contributed by atoms with Crippen molar-refractivity contribution in [3.8, 4) is 0 Å². The van der Waals surface area contributed by atoms with E-state index in [2.05, 4.69) is 42.4 Å². The smallest absolute Gasteiger partial charge is 0.265 e. The lowest BCUT2D eigenvalue weighted by Crippen LogP contribution is -2.35. The standard InChI is InChI=1S/C34H39N3O2S/c1-25-11-6-7-12-28(25)24-37-30-15-8-9-16-31(30)40-32(34(37)39)23-26-17-19-27(20-18-26)33(38)35-21-10-22-36(2)29-13-4-3-5-14-29/h6-9,11-12,15-20,23,29H,3-5,10,13-14,21-22,24H2,1-2H3,(H,35,38). The van der Waals surface area contributed by atoms with Crippen LogP contribution in [0.3, 0.4) is 0 Å². The number of thioether (sulfide) groups is 1. The predicted octanol–water partition coefficient (Wildman–Crippen LogP) is 7.06. The monoisotopic (exact) mass is 553 g/mol. The highest BCUT2D eigenvalue weighted by Gasteiger charge is 2.29. The first-order chi connectivity index (χ1) is 19.5. The van der Waals surface area contributed by atoms with Gasteiger partial charge in [0.25, 0.3) is 11.8 Å². The van der Waals surface area contributed by atoms with Crippen LogP contribution in [0.25, 0.3) is 6.08 Å². The van der Waals surface area contributed by atoms with E-state index in [0.717, 1.165) is 34.7 Å². The summed E-state index contributed by atoms with van der Waals surface area (Å²) in [6, 6.07) is 24.5. The van der Waals surface area contributed by atoms with Gasteiger partial charge in [0.2, 0.25) is 0 Å². The number of carbonyl (C=O) groups excluding carboxylic acids is 2. The average molecular weight is 554 g/mol. The number of amides is 2. The summed E-state index contributed by atoms with van der Waals surface area (Å²) in [6.45, 7) is 4.28. The molecule has 1 aliphatic carbocycles.